The number of aromatic nitrogens is 2. The van der Waals surface area contributed by atoms with Crippen LogP contribution in [0.2, 0.25) is 34.8 Å². The summed E-state index contributed by atoms with van der Waals surface area (Å²) >= 11 is 0. The molecule has 42 heavy (non-hydrogen) atoms. The number of ketones is 2. The second kappa shape index (κ2) is 13.2. The SMILES string of the molecule is CC(=O)c1coc(C(=O)c2cncnc2N[C@@H]2C[C@H](CO[Si](C)(C)C(C)(C)C)[C@@H](O[Si](C(C)C)(C(C)C)C(C)C)C2)c1. The van der Waals surface area contributed by atoms with Crippen LogP contribution in [-0.4, -0.2) is 56.9 Å². The van der Waals surface area contributed by atoms with Gasteiger partial charge in [-0.05, 0) is 60.6 Å². The summed E-state index contributed by atoms with van der Waals surface area (Å²) in [5.74, 6) is 0.259. The van der Waals surface area contributed by atoms with Crippen LogP contribution in [0, 0.1) is 5.92 Å². The summed E-state index contributed by atoms with van der Waals surface area (Å²) in [4.78, 5) is 33.7. The molecule has 1 aliphatic carbocycles. The van der Waals surface area contributed by atoms with Crippen LogP contribution in [0.1, 0.15) is 109 Å². The Morgan fingerprint density at radius 3 is 2.21 bits per heavy atom. The molecule has 2 heterocycles. The highest BCUT2D eigenvalue weighted by atomic mass is 28.4. The van der Waals surface area contributed by atoms with Crippen molar-refractivity contribution in [2.45, 2.75) is 129 Å². The molecule has 0 spiro atoms. The molecule has 0 unspecified atom stereocenters. The molecule has 0 aromatic carbocycles. The molecule has 2 aromatic heterocycles. The van der Waals surface area contributed by atoms with Gasteiger partial charge in [0.15, 0.2) is 19.9 Å². The zero-order valence-corrected chi connectivity index (χ0v) is 29.8. The van der Waals surface area contributed by atoms with Gasteiger partial charge < -0.3 is 18.6 Å². The van der Waals surface area contributed by atoms with Gasteiger partial charge in [-0.1, -0.05) is 62.3 Å². The van der Waals surface area contributed by atoms with Gasteiger partial charge in [0.1, 0.15) is 18.4 Å². The molecular formula is C32H53N3O5Si2. The third-order valence-electron chi connectivity index (χ3n) is 9.68. The van der Waals surface area contributed by atoms with Crippen LogP contribution in [0.4, 0.5) is 5.82 Å². The van der Waals surface area contributed by atoms with Gasteiger partial charge in [-0.3, -0.25) is 9.59 Å². The normalized spacial score (nSPS) is 20.1. The van der Waals surface area contributed by atoms with Crippen LogP contribution >= 0.6 is 0 Å². The number of carbonyl (C=O) groups excluding carboxylic acids is 2. The van der Waals surface area contributed by atoms with E-state index in [1.807, 2.05) is 0 Å². The van der Waals surface area contributed by atoms with Gasteiger partial charge in [0, 0.05) is 24.8 Å². The molecule has 0 amide bonds. The van der Waals surface area contributed by atoms with Gasteiger partial charge >= 0.3 is 0 Å². The van der Waals surface area contributed by atoms with Crippen molar-refractivity contribution >= 4 is 34.0 Å². The maximum atomic E-state index is 13.4. The number of hydrogen-bond donors (Lipinski definition) is 1. The van der Waals surface area contributed by atoms with E-state index in [9.17, 15) is 9.59 Å². The fourth-order valence-corrected chi connectivity index (χ4v) is 13.0. The third kappa shape index (κ3) is 7.31. The van der Waals surface area contributed by atoms with Crippen molar-refractivity contribution in [3.8, 4) is 0 Å². The monoisotopic (exact) mass is 615 g/mol. The van der Waals surface area contributed by atoms with E-state index in [-0.39, 0.29) is 40.4 Å². The number of anilines is 1. The fourth-order valence-electron chi connectivity index (χ4n) is 6.30. The Labute approximate surface area is 255 Å². The molecule has 0 saturated heterocycles. The first kappa shape index (κ1) is 34.3. The van der Waals surface area contributed by atoms with E-state index >= 15 is 0 Å². The van der Waals surface area contributed by atoms with Crippen LogP contribution in [0.25, 0.3) is 0 Å². The highest BCUT2D eigenvalue weighted by Gasteiger charge is 2.50. The van der Waals surface area contributed by atoms with Crippen LogP contribution < -0.4 is 5.32 Å². The van der Waals surface area contributed by atoms with E-state index in [4.69, 9.17) is 13.3 Å². The first-order valence-electron chi connectivity index (χ1n) is 15.4. The van der Waals surface area contributed by atoms with Crippen molar-refractivity contribution in [3.05, 3.63) is 41.7 Å². The summed E-state index contributed by atoms with van der Waals surface area (Å²) in [5, 5.41) is 3.68. The summed E-state index contributed by atoms with van der Waals surface area (Å²) in [5.41, 5.74) is 2.11. The Morgan fingerprint density at radius 2 is 1.69 bits per heavy atom. The van der Waals surface area contributed by atoms with Gasteiger partial charge in [0.25, 0.3) is 0 Å². The number of nitrogens with zero attached hydrogens (tertiary/aromatic N) is 2. The van der Waals surface area contributed by atoms with Gasteiger partial charge in [-0.2, -0.15) is 0 Å². The van der Waals surface area contributed by atoms with Gasteiger partial charge in [-0.25, -0.2) is 9.97 Å². The second-order valence-electron chi connectivity index (χ2n) is 14.5. The van der Waals surface area contributed by atoms with E-state index in [1.54, 1.807) is 0 Å². The number of rotatable bonds is 13. The lowest BCUT2D eigenvalue weighted by atomic mass is 10.1. The molecule has 0 aliphatic heterocycles. The highest BCUT2D eigenvalue weighted by Crippen LogP contribution is 2.46. The number of furan rings is 1. The molecule has 3 atom stereocenters. The summed E-state index contributed by atoms with van der Waals surface area (Å²) in [7, 11) is -4.09. The minimum absolute atomic E-state index is 0.0482. The quantitative estimate of drug-likeness (QED) is 0.177. The predicted octanol–water partition coefficient (Wildman–Crippen LogP) is 8.28. The molecule has 1 aliphatic rings. The summed E-state index contributed by atoms with van der Waals surface area (Å²) in [6, 6.07) is 1.52. The van der Waals surface area contributed by atoms with E-state index in [2.05, 4.69) is 90.7 Å². The predicted molar refractivity (Wildman–Crippen MR) is 173 cm³/mol. The van der Waals surface area contributed by atoms with E-state index in [0.717, 1.165) is 12.8 Å². The average Bonchev–Trinajstić information content (AvgIpc) is 3.52. The van der Waals surface area contributed by atoms with Crippen molar-refractivity contribution in [2.75, 3.05) is 11.9 Å². The van der Waals surface area contributed by atoms with Crippen molar-refractivity contribution < 1.29 is 22.9 Å². The number of carbonyl (C=O) groups is 2. The number of Topliss-reactive ketones (excluding diaryl/α,β-unsaturated/α-hetero) is 1. The molecule has 1 N–H and O–H groups in total. The van der Waals surface area contributed by atoms with E-state index in [1.165, 1.54) is 31.8 Å². The van der Waals surface area contributed by atoms with Crippen molar-refractivity contribution in [3.63, 3.8) is 0 Å². The van der Waals surface area contributed by atoms with Gasteiger partial charge in [-0.15, -0.1) is 0 Å². The van der Waals surface area contributed by atoms with Gasteiger partial charge in [0.05, 0.1) is 17.2 Å². The Balaban J connectivity index is 1.90. The largest absolute Gasteiger partial charge is 0.460 e. The summed E-state index contributed by atoms with van der Waals surface area (Å²) in [6.07, 6.45) is 5.97. The van der Waals surface area contributed by atoms with Crippen LogP contribution in [0.5, 0.6) is 0 Å². The Kier molecular flexibility index (Phi) is 10.8. The third-order valence-corrected chi connectivity index (χ3v) is 20.3. The zero-order chi connectivity index (χ0) is 31.6. The Hall–Kier alpha value is -2.15. The molecule has 0 bridgehead atoms. The van der Waals surface area contributed by atoms with E-state index in [0.29, 0.717) is 40.2 Å². The standard InChI is InChI=1S/C32H53N3O5Si2/c1-20(2)42(21(3)4,22(5)6)40-28-15-26(13-25(28)18-39-41(11,12)32(8,9)10)35-31-27(16-33-19-34-31)30(37)29-14-24(17-38-29)23(7)36/h14,16-17,19-22,25-26,28H,13,15,18H2,1-12H3,(H,33,34,35)/t25-,26-,28+/m1/s1. The van der Waals surface area contributed by atoms with Crippen LogP contribution in [0.3, 0.4) is 0 Å². The smallest absolute Gasteiger partial charge is 0.233 e. The fraction of sp³-hybridized carbons (Fsp3) is 0.688. The topological polar surface area (TPSA) is 104 Å². The van der Waals surface area contributed by atoms with Crippen LogP contribution in [-0.2, 0) is 8.85 Å². The minimum Gasteiger partial charge on any atom is -0.460 e. The highest BCUT2D eigenvalue weighted by molar-refractivity contribution is 6.77. The zero-order valence-electron chi connectivity index (χ0n) is 27.8. The maximum Gasteiger partial charge on any atom is 0.233 e. The number of nitrogens with one attached hydrogen (secondary N) is 1. The molecule has 0 radical (unpaired) electrons. The van der Waals surface area contributed by atoms with Crippen molar-refractivity contribution in [1.29, 1.82) is 0 Å². The molecule has 1 fully saturated rings. The molecule has 10 heteroatoms. The lowest BCUT2D eigenvalue weighted by Gasteiger charge is -2.45. The Morgan fingerprint density at radius 1 is 1.07 bits per heavy atom. The molecular weight excluding hydrogens is 563 g/mol. The lowest BCUT2D eigenvalue weighted by Crippen LogP contribution is -2.51. The van der Waals surface area contributed by atoms with Crippen molar-refractivity contribution in [1.82, 2.24) is 9.97 Å². The Bertz CT molecular complexity index is 1210. The van der Waals surface area contributed by atoms with Gasteiger partial charge in [0.2, 0.25) is 14.1 Å². The molecule has 8 nitrogen and oxygen atoms in total. The number of hydrogen-bond acceptors (Lipinski definition) is 8. The molecule has 2 aromatic rings. The molecule has 3 rings (SSSR count). The first-order chi connectivity index (χ1) is 19.4. The summed E-state index contributed by atoms with van der Waals surface area (Å²) in [6.45, 7) is 27.4. The summed E-state index contributed by atoms with van der Waals surface area (Å²) < 4.78 is 19.6. The van der Waals surface area contributed by atoms with E-state index < -0.39 is 16.6 Å². The minimum atomic E-state index is -2.14. The maximum absolute atomic E-state index is 13.4. The van der Waals surface area contributed by atoms with Crippen molar-refractivity contribution in [2.24, 2.45) is 5.92 Å². The first-order valence-corrected chi connectivity index (χ1v) is 20.5. The molecule has 234 valence electrons. The average molecular weight is 616 g/mol. The lowest BCUT2D eigenvalue weighted by molar-refractivity contribution is 0.0970. The second-order valence-corrected chi connectivity index (χ2v) is 24.7. The van der Waals surface area contributed by atoms with Crippen LogP contribution in [0.15, 0.2) is 29.3 Å². The molecule has 1 saturated carbocycles.